The Morgan fingerprint density at radius 1 is 1.64 bits per heavy atom. The predicted molar refractivity (Wildman–Crippen MR) is 80.4 cm³/mol. The van der Waals surface area contributed by atoms with Gasteiger partial charge in [-0.25, -0.2) is 9.78 Å². The van der Waals surface area contributed by atoms with Gasteiger partial charge in [0.1, 0.15) is 11.1 Å². The van der Waals surface area contributed by atoms with E-state index < -0.39 is 23.4 Å². The summed E-state index contributed by atoms with van der Waals surface area (Å²) in [5.74, 6) is -0.193. The molecule has 0 unspecified atom stereocenters. The highest BCUT2D eigenvalue weighted by Crippen LogP contribution is 2.41. The topological polar surface area (TPSA) is 104 Å². The molecule has 1 aromatic rings. The molecule has 7 nitrogen and oxygen atoms in total. The number of rotatable bonds is 5. The smallest absolute Gasteiger partial charge is 0.352 e. The maximum atomic E-state index is 11.7. The van der Waals surface area contributed by atoms with Gasteiger partial charge in [0, 0.05) is 17.9 Å². The Morgan fingerprint density at radius 3 is 3.05 bits per heavy atom. The average molecular weight is 342 g/mol. The van der Waals surface area contributed by atoms with E-state index in [2.05, 4.69) is 4.98 Å². The Bertz CT molecular complexity index is 657. The zero-order chi connectivity index (χ0) is 15.9. The van der Waals surface area contributed by atoms with Gasteiger partial charge in [-0.3, -0.25) is 9.69 Å². The highest BCUT2D eigenvalue weighted by Gasteiger charge is 2.52. The molecule has 3 rings (SSSR count). The van der Waals surface area contributed by atoms with Crippen molar-refractivity contribution in [3.05, 3.63) is 23.4 Å². The lowest BCUT2D eigenvalue weighted by Gasteiger charge is -2.47. The summed E-state index contributed by atoms with van der Waals surface area (Å²) in [6.45, 7) is 1.93. The minimum Gasteiger partial charge on any atom is -0.477 e. The van der Waals surface area contributed by atoms with Gasteiger partial charge in [0.2, 0.25) is 0 Å². The minimum absolute atomic E-state index is 0.0122. The van der Waals surface area contributed by atoms with Gasteiger partial charge in [-0.2, -0.15) is 0 Å². The molecule has 2 aliphatic rings. The van der Waals surface area contributed by atoms with E-state index in [1.807, 2.05) is 6.92 Å². The quantitative estimate of drug-likeness (QED) is 0.602. The molecule has 1 saturated heterocycles. The molecule has 22 heavy (non-hydrogen) atoms. The van der Waals surface area contributed by atoms with Crippen molar-refractivity contribution in [1.82, 2.24) is 9.88 Å². The maximum Gasteiger partial charge on any atom is 0.352 e. The summed E-state index contributed by atoms with van der Waals surface area (Å²) in [6, 6.07) is 0. The van der Waals surface area contributed by atoms with Crippen molar-refractivity contribution in [2.75, 3.05) is 11.5 Å². The van der Waals surface area contributed by atoms with Crippen LogP contribution < -0.4 is 0 Å². The molecule has 2 N–H and O–H groups in total. The van der Waals surface area contributed by atoms with Crippen molar-refractivity contribution in [3.8, 4) is 0 Å². The van der Waals surface area contributed by atoms with E-state index in [1.165, 1.54) is 28.4 Å². The van der Waals surface area contributed by atoms with Crippen molar-refractivity contribution in [3.63, 3.8) is 0 Å². The monoisotopic (exact) mass is 342 g/mol. The molecular formula is C13H14N2O5S2. The lowest BCUT2D eigenvalue weighted by molar-refractivity contribution is -0.159. The van der Waals surface area contributed by atoms with Crippen LogP contribution in [0.5, 0.6) is 0 Å². The van der Waals surface area contributed by atoms with Crippen LogP contribution in [0.15, 0.2) is 27.0 Å². The van der Waals surface area contributed by atoms with E-state index in [1.54, 1.807) is 6.20 Å². The lowest BCUT2D eigenvalue weighted by Crippen LogP contribution is -2.64. The van der Waals surface area contributed by atoms with E-state index in [-0.39, 0.29) is 5.70 Å². The van der Waals surface area contributed by atoms with Gasteiger partial charge in [0.05, 0.1) is 6.20 Å². The number of aliphatic hydroxyl groups excluding tert-OH is 1. The number of carbonyl (C=O) groups excluding carboxylic acids is 1. The molecule has 1 aromatic heterocycles. The standard InChI is InChI=1S/C13H14N2O5S2/c1-2-7-14-3-8(20-7)21-4-6-5-22-12-10(16)11(17)15(12)9(6)13(18)19/h3,10,12,16H,2,4-5H2,1H3,(H,18,19)/t10-,12+/m1/s1. The Labute approximate surface area is 134 Å². The molecular weight excluding hydrogens is 328 g/mol. The molecule has 1 amide bonds. The summed E-state index contributed by atoms with van der Waals surface area (Å²) in [6.07, 6.45) is 1.21. The van der Waals surface area contributed by atoms with Gasteiger partial charge in [0.25, 0.3) is 5.91 Å². The normalized spacial score (nSPS) is 24.3. The SMILES string of the molecule is CCc1ncc(SCC2=C(C(=O)O)N3C(=O)[C@@H](O)[C@@H]3SC2)o1. The van der Waals surface area contributed by atoms with Gasteiger partial charge >= 0.3 is 5.97 Å². The highest BCUT2D eigenvalue weighted by atomic mass is 32.2. The number of nitrogens with zero attached hydrogens (tertiary/aromatic N) is 2. The number of aliphatic carboxylic acids is 1. The average Bonchev–Trinajstić information content (AvgIpc) is 2.99. The van der Waals surface area contributed by atoms with Crippen LogP contribution >= 0.6 is 23.5 Å². The van der Waals surface area contributed by atoms with Crippen LogP contribution in [0, 0.1) is 0 Å². The highest BCUT2D eigenvalue weighted by molar-refractivity contribution is 8.01. The van der Waals surface area contributed by atoms with Crippen molar-refractivity contribution in [2.24, 2.45) is 0 Å². The zero-order valence-electron chi connectivity index (χ0n) is 11.7. The molecule has 0 saturated carbocycles. The Balaban J connectivity index is 1.78. The van der Waals surface area contributed by atoms with Crippen molar-refractivity contribution < 1.29 is 24.2 Å². The molecule has 2 atom stereocenters. The number of β-lactam (4-membered cyclic amide) rings is 1. The summed E-state index contributed by atoms with van der Waals surface area (Å²) in [4.78, 5) is 28.4. The first kappa shape index (κ1) is 15.4. The summed E-state index contributed by atoms with van der Waals surface area (Å²) >= 11 is 2.72. The van der Waals surface area contributed by atoms with Crippen LogP contribution in [0.3, 0.4) is 0 Å². The van der Waals surface area contributed by atoms with E-state index in [0.717, 1.165) is 0 Å². The summed E-state index contributed by atoms with van der Waals surface area (Å²) in [7, 11) is 0. The van der Waals surface area contributed by atoms with Gasteiger partial charge in [-0.05, 0) is 5.57 Å². The molecule has 9 heteroatoms. The van der Waals surface area contributed by atoms with Crippen LogP contribution in [-0.2, 0) is 16.0 Å². The Hall–Kier alpha value is -1.45. The fourth-order valence-electron chi connectivity index (χ4n) is 2.32. The predicted octanol–water partition coefficient (Wildman–Crippen LogP) is 0.944. The van der Waals surface area contributed by atoms with Crippen LogP contribution in [-0.4, -0.2) is 55.0 Å². The molecule has 2 aliphatic heterocycles. The number of aliphatic hydroxyl groups is 1. The second kappa shape index (κ2) is 5.98. The van der Waals surface area contributed by atoms with E-state index in [4.69, 9.17) is 4.42 Å². The van der Waals surface area contributed by atoms with E-state index in [9.17, 15) is 19.8 Å². The number of hydrogen-bond donors (Lipinski definition) is 2. The first-order valence-corrected chi connectivity index (χ1v) is 8.72. The molecule has 1 fully saturated rings. The van der Waals surface area contributed by atoms with Gasteiger partial charge < -0.3 is 14.6 Å². The minimum atomic E-state index is -1.15. The van der Waals surface area contributed by atoms with Gasteiger partial charge in [-0.15, -0.1) is 11.8 Å². The molecule has 118 valence electrons. The van der Waals surface area contributed by atoms with E-state index >= 15 is 0 Å². The third-order valence-electron chi connectivity index (χ3n) is 3.45. The number of carboxylic acids is 1. The zero-order valence-corrected chi connectivity index (χ0v) is 13.3. The molecule has 0 bridgehead atoms. The van der Waals surface area contributed by atoms with Crippen molar-refractivity contribution >= 4 is 35.4 Å². The van der Waals surface area contributed by atoms with Crippen LogP contribution in [0.2, 0.25) is 0 Å². The van der Waals surface area contributed by atoms with Crippen LogP contribution in [0.1, 0.15) is 12.8 Å². The van der Waals surface area contributed by atoms with Crippen molar-refractivity contribution in [2.45, 2.75) is 29.9 Å². The number of oxazole rings is 1. The van der Waals surface area contributed by atoms with Gasteiger partial charge in [0.15, 0.2) is 17.1 Å². The van der Waals surface area contributed by atoms with Crippen LogP contribution in [0.25, 0.3) is 0 Å². The molecule has 0 spiro atoms. The second-order valence-corrected chi connectivity index (χ2v) is 6.91. The number of hydrogen-bond acceptors (Lipinski definition) is 7. The molecule has 0 radical (unpaired) electrons. The molecule has 0 aromatic carbocycles. The first-order chi connectivity index (χ1) is 10.5. The van der Waals surface area contributed by atoms with Gasteiger partial charge in [-0.1, -0.05) is 18.7 Å². The fraction of sp³-hybridized carbons (Fsp3) is 0.462. The first-order valence-electron chi connectivity index (χ1n) is 6.68. The number of fused-ring (bicyclic) bond motifs is 1. The second-order valence-electron chi connectivity index (χ2n) is 4.83. The number of carboxylic acid groups (broad SMARTS) is 1. The number of amides is 1. The Kier molecular flexibility index (Phi) is 4.20. The number of thioether (sulfide) groups is 2. The van der Waals surface area contributed by atoms with Crippen molar-refractivity contribution in [1.29, 1.82) is 0 Å². The number of aromatic nitrogens is 1. The molecule has 3 heterocycles. The number of carbonyl (C=O) groups is 2. The largest absolute Gasteiger partial charge is 0.477 e. The molecule has 0 aliphatic carbocycles. The summed E-state index contributed by atoms with van der Waals surface area (Å²) < 4.78 is 5.47. The number of aryl methyl sites for hydroxylation is 1. The van der Waals surface area contributed by atoms with E-state index in [0.29, 0.717) is 34.5 Å². The third kappa shape index (κ3) is 2.53. The Morgan fingerprint density at radius 2 is 2.41 bits per heavy atom. The summed E-state index contributed by atoms with van der Waals surface area (Å²) in [5, 5.41) is 19.1. The van der Waals surface area contributed by atoms with Crippen LogP contribution in [0.4, 0.5) is 0 Å². The fourth-order valence-corrected chi connectivity index (χ4v) is 4.56. The third-order valence-corrected chi connectivity index (χ3v) is 5.74. The lowest BCUT2D eigenvalue weighted by atomic mass is 10.1. The summed E-state index contributed by atoms with van der Waals surface area (Å²) in [5.41, 5.74) is 0.634. The maximum absolute atomic E-state index is 11.7.